The number of esters is 1. The van der Waals surface area contributed by atoms with Crippen molar-refractivity contribution >= 4 is 29.1 Å². The van der Waals surface area contributed by atoms with Gasteiger partial charge in [-0.3, -0.25) is 0 Å². The number of thioether (sulfide) groups is 1. The molecule has 1 unspecified atom stereocenters. The summed E-state index contributed by atoms with van der Waals surface area (Å²) in [7, 11) is 0. The van der Waals surface area contributed by atoms with E-state index in [4.69, 9.17) is 9.47 Å². The van der Waals surface area contributed by atoms with Crippen molar-refractivity contribution in [3.05, 3.63) is 45.4 Å². The molecule has 0 spiro atoms. The van der Waals surface area contributed by atoms with Gasteiger partial charge in [0.05, 0.1) is 27.2 Å². The van der Waals surface area contributed by atoms with Gasteiger partial charge in [0, 0.05) is 17.3 Å². The van der Waals surface area contributed by atoms with Crippen molar-refractivity contribution in [2.75, 3.05) is 12.4 Å². The second-order valence-corrected chi connectivity index (χ2v) is 8.11. The van der Waals surface area contributed by atoms with Crippen LogP contribution in [0.5, 0.6) is 0 Å². The summed E-state index contributed by atoms with van der Waals surface area (Å²) in [5.74, 6) is 0.591. The Bertz CT molecular complexity index is 708. The van der Waals surface area contributed by atoms with Gasteiger partial charge in [-0.2, -0.15) is 0 Å². The van der Waals surface area contributed by atoms with Gasteiger partial charge in [-0.1, -0.05) is 12.1 Å². The lowest BCUT2D eigenvalue weighted by Gasteiger charge is -2.12. The van der Waals surface area contributed by atoms with E-state index in [9.17, 15) is 4.79 Å². The normalized spacial score (nSPS) is 17.2. The first-order chi connectivity index (χ1) is 11.6. The summed E-state index contributed by atoms with van der Waals surface area (Å²) in [6, 6.07) is 7.61. The second kappa shape index (κ2) is 8.14. The van der Waals surface area contributed by atoms with Crippen molar-refractivity contribution < 1.29 is 14.3 Å². The molecular formula is C18H21NO3S2. The second-order valence-electron chi connectivity index (χ2n) is 5.76. The number of nitrogens with zero attached hydrogens (tertiary/aromatic N) is 1. The molecule has 1 aromatic carbocycles. The van der Waals surface area contributed by atoms with Crippen LogP contribution in [0.2, 0.25) is 0 Å². The van der Waals surface area contributed by atoms with Crippen LogP contribution in [-0.4, -0.2) is 29.4 Å². The van der Waals surface area contributed by atoms with E-state index in [1.54, 1.807) is 23.1 Å². The van der Waals surface area contributed by atoms with Gasteiger partial charge in [-0.15, -0.1) is 23.1 Å². The molecule has 6 heteroatoms. The Morgan fingerprint density at radius 3 is 2.96 bits per heavy atom. The van der Waals surface area contributed by atoms with Crippen molar-refractivity contribution in [1.82, 2.24) is 4.98 Å². The van der Waals surface area contributed by atoms with Gasteiger partial charge in [0.25, 0.3) is 0 Å². The molecule has 3 rings (SSSR count). The van der Waals surface area contributed by atoms with E-state index in [0.29, 0.717) is 11.7 Å². The van der Waals surface area contributed by atoms with Crippen LogP contribution in [0.4, 0.5) is 0 Å². The lowest BCUT2D eigenvalue weighted by atomic mass is 10.2. The molecule has 1 aromatic heterocycles. The van der Waals surface area contributed by atoms with E-state index >= 15 is 0 Å². The highest BCUT2D eigenvalue weighted by Crippen LogP contribution is 2.27. The first-order valence-corrected chi connectivity index (χ1v) is 9.87. The van der Waals surface area contributed by atoms with Crippen LogP contribution in [0, 0.1) is 13.8 Å². The first-order valence-electron chi connectivity index (χ1n) is 8.07. The van der Waals surface area contributed by atoms with Crippen LogP contribution in [0.25, 0.3) is 0 Å². The van der Waals surface area contributed by atoms with Gasteiger partial charge in [0.1, 0.15) is 6.61 Å². The summed E-state index contributed by atoms with van der Waals surface area (Å²) >= 11 is 3.24. The fourth-order valence-electron chi connectivity index (χ4n) is 2.64. The van der Waals surface area contributed by atoms with E-state index in [1.807, 2.05) is 38.1 Å². The highest BCUT2D eigenvalue weighted by Gasteiger charge is 2.19. The van der Waals surface area contributed by atoms with Crippen LogP contribution in [0.3, 0.4) is 0 Å². The zero-order chi connectivity index (χ0) is 16.9. The third kappa shape index (κ3) is 4.37. The van der Waals surface area contributed by atoms with Gasteiger partial charge < -0.3 is 9.47 Å². The zero-order valence-corrected chi connectivity index (χ0v) is 15.5. The summed E-state index contributed by atoms with van der Waals surface area (Å²) < 4.78 is 11.2. The fourth-order valence-corrected chi connectivity index (χ4v) is 4.60. The number of aromatic nitrogens is 1. The third-order valence-corrected chi connectivity index (χ3v) is 6.14. The van der Waals surface area contributed by atoms with Gasteiger partial charge in [0.2, 0.25) is 0 Å². The van der Waals surface area contributed by atoms with Gasteiger partial charge in [-0.05, 0) is 38.8 Å². The number of carbonyl (C=O) groups is 1. The van der Waals surface area contributed by atoms with Crippen LogP contribution >= 0.6 is 23.1 Å². The smallest absolute Gasteiger partial charge is 0.339 e. The molecule has 24 heavy (non-hydrogen) atoms. The number of carbonyl (C=O) groups excluding carboxylic acids is 1. The molecule has 1 saturated heterocycles. The number of aryl methyl sites for hydroxylation is 2. The van der Waals surface area contributed by atoms with E-state index in [-0.39, 0.29) is 12.6 Å². The predicted octanol–water partition coefficient (Wildman–Crippen LogP) is 4.39. The Morgan fingerprint density at radius 1 is 1.42 bits per heavy atom. The average molecular weight is 364 g/mol. The van der Waals surface area contributed by atoms with Gasteiger partial charge >= 0.3 is 5.97 Å². The Kier molecular flexibility index (Phi) is 5.92. The number of thiazole rings is 1. The number of rotatable bonds is 6. The molecule has 2 aromatic rings. The summed E-state index contributed by atoms with van der Waals surface area (Å²) in [6.07, 6.45) is 2.52. The molecule has 0 aliphatic carbocycles. The van der Waals surface area contributed by atoms with E-state index in [1.165, 1.54) is 0 Å². The molecule has 128 valence electrons. The van der Waals surface area contributed by atoms with E-state index in [2.05, 4.69) is 4.98 Å². The SMILES string of the molecule is Cc1nc(C)c(COC(=O)c2ccccc2SCC2CCCO2)s1. The topological polar surface area (TPSA) is 48.4 Å². The molecule has 0 radical (unpaired) electrons. The van der Waals surface area contributed by atoms with Crippen molar-refractivity contribution in [1.29, 1.82) is 0 Å². The van der Waals surface area contributed by atoms with Gasteiger partial charge in [0.15, 0.2) is 0 Å². The minimum atomic E-state index is -0.282. The molecular weight excluding hydrogens is 342 g/mol. The standard InChI is InChI=1S/C18H21NO3S2/c1-12-17(24-13(2)19-12)10-22-18(20)15-7-3-4-8-16(15)23-11-14-6-5-9-21-14/h3-4,7-8,14H,5-6,9-11H2,1-2H3. The summed E-state index contributed by atoms with van der Waals surface area (Å²) in [6.45, 7) is 5.03. The number of hydrogen-bond acceptors (Lipinski definition) is 6. The van der Waals surface area contributed by atoms with Crippen molar-refractivity contribution in [3.8, 4) is 0 Å². The minimum absolute atomic E-state index is 0.279. The monoisotopic (exact) mass is 363 g/mol. The third-order valence-electron chi connectivity index (χ3n) is 3.89. The molecule has 0 N–H and O–H groups in total. The van der Waals surface area contributed by atoms with Crippen molar-refractivity contribution in [3.63, 3.8) is 0 Å². The molecule has 4 nitrogen and oxygen atoms in total. The maximum atomic E-state index is 12.5. The summed E-state index contributed by atoms with van der Waals surface area (Å²) in [5.41, 5.74) is 1.56. The number of hydrogen-bond donors (Lipinski definition) is 0. The maximum absolute atomic E-state index is 12.5. The van der Waals surface area contributed by atoms with E-state index in [0.717, 1.165) is 45.7 Å². The highest BCUT2D eigenvalue weighted by atomic mass is 32.2. The van der Waals surface area contributed by atoms with Crippen molar-refractivity contribution in [2.24, 2.45) is 0 Å². The highest BCUT2D eigenvalue weighted by molar-refractivity contribution is 7.99. The van der Waals surface area contributed by atoms with Crippen molar-refractivity contribution in [2.45, 2.75) is 44.3 Å². The fraction of sp³-hybridized carbons (Fsp3) is 0.444. The molecule has 0 saturated carbocycles. The molecule has 0 bridgehead atoms. The Hall–Kier alpha value is -1.37. The Morgan fingerprint density at radius 2 is 2.25 bits per heavy atom. The predicted molar refractivity (Wildman–Crippen MR) is 96.8 cm³/mol. The average Bonchev–Trinajstić information content (AvgIpc) is 3.20. The lowest BCUT2D eigenvalue weighted by molar-refractivity contribution is 0.0472. The molecule has 1 atom stereocenters. The zero-order valence-electron chi connectivity index (χ0n) is 13.9. The lowest BCUT2D eigenvalue weighted by Crippen LogP contribution is -2.10. The molecule has 2 heterocycles. The maximum Gasteiger partial charge on any atom is 0.339 e. The largest absolute Gasteiger partial charge is 0.456 e. The van der Waals surface area contributed by atoms with Crippen LogP contribution in [0.1, 0.15) is 38.8 Å². The Balaban J connectivity index is 1.62. The molecule has 1 aliphatic heterocycles. The molecule has 1 fully saturated rings. The minimum Gasteiger partial charge on any atom is -0.456 e. The quantitative estimate of drug-likeness (QED) is 0.563. The summed E-state index contributed by atoms with van der Waals surface area (Å²) in [4.78, 5) is 18.8. The van der Waals surface area contributed by atoms with E-state index < -0.39 is 0 Å². The molecule has 0 amide bonds. The van der Waals surface area contributed by atoms with Gasteiger partial charge in [-0.25, -0.2) is 9.78 Å². The first kappa shape index (κ1) is 17.5. The summed E-state index contributed by atoms with van der Waals surface area (Å²) in [5, 5.41) is 0.992. The van der Waals surface area contributed by atoms with Crippen LogP contribution in [-0.2, 0) is 16.1 Å². The van der Waals surface area contributed by atoms with Crippen LogP contribution < -0.4 is 0 Å². The van der Waals surface area contributed by atoms with Crippen LogP contribution in [0.15, 0.2) is 29.2 Å². The number of benzene rings is 1. The number of ether oxygens (including phenoxy) is 2. The Labute approximate surface area is 150 Å². The molecule has 1 aliphatic rings.